The van der Waals surface area contributed by atoms with Crippen LogP contribution in [0.2, 0.25) is 25.7 Å². The first kappa shape index (κ1) is 24.0. The highest BCUT2D eigenvalue weighted by molar-refractivity contribution is 7.15. The van der Waals surface area contributed by atoms with Gasteiger partial charge >= 0.3 is 0 Å². The molecule has 0 aliphatic carbocycles. The molecular weight excluding hydrogens is 458 g/mol. The molecule has 5 rings (SSSR count). The van der Waals surface area contributed by atoms with E-state index < -0.39 is 8.07 Å². The van der Waals surface area contributed by atoms with Gasteiger partial charge in [0.25, 0.3) is 0 Å². The molecule has 34 heavy (non-hydrogen) atoms. The number of hydrogen-bond acceptors (Lipinski definition) is 6. The average molecular weight is 498 g/mol. The number of anilines is 1. The minimum absolute atomic E-state index is 0.256. The standard InChI is InChI=1S/C26H39N5OSSi/c1-20-16-28-25(33-20)21-17-31(19-32-14-15-34(2,3)4)24-23(21)22(8-12-27-24)30-13-7-10-26(18-30)9-5-6-11-29-26/h8,12,16-17,29H,5-7,9-11,13-15,18-19H2,1-4H3. The fourth-order valence-corrected chi connectivity index (χ4v) is 7.00. The maximum Gasteiger partial charge on any atom is 0.144 e. The molecule has 1 unspecified atom stereocenters. The lowest BCUT2D eigenvalue weighted by molar-refractivity contribution is 0.0899. The van der Waals surface area contributed by atoms with Crippen LogP contribution in [-0.2, 0) is 11.5 Å². The summed E-state index contributed by atoms with van der Waals surface area (Å²) < 4.78 is 8.34. The number of aryl methyl sites for hydroxylation is 1. The molecule has 2 saturated heterocycles. The van der Waals surface area contributed by atoms with Crippen LogP contribution >= 0.6 is 11.3 Å². The predicted octanol–water partition coefficient (Wildman–Crippen LogP) is 5.89. The van der Waals surface area contributed by atoms with Crippen molar-refractivity contribution >= 4 is 36.1 Å². The molecule has 8 heteroatoms. The summed E-state index contributed by atoms with van der Waals surface area (Å²) >= 11 is 1.76. The first-order valence-corrected chi connectivity index (χ1v) is 17.3. The van der Waals surface area contributed by atoms with Gasteiger partial charge in [0, 0.05) is 62.3 Å². The molecular formula is C26H39N5OSSi. The molecule has 0 amide bonds. The van der Waals surface area contributed by atoms with E-state index in [4.69, 9.17) is 14.7 Å². The van der Waals surface area contributed by atoms with E-state index in [2.05, 4.69) is 53.6 Å². The second kappa shape index (κ2) is 9.72. The van der Waals surface area contributed by atoms with Crippen LogP contribution in [0.5, 0.6) is 0 Å². The fourth-order valence-electron chi connectivity index (χ4n) is 5.46. The van der Waals surface area contributed by atoms with Gasteiger partial charge in [0.15, 0.2) is 0 Å². The lowest BCUT2D eigenvalue weighted by atomic mass is 9.81. The van der Waals surface area contributed by atoms with E-state index in [9.17, 15) is 0 Å². The van der Waals surface area contributed by atoms with Crippen molar-refractivity contribution < 1.29 is 4.74 Å². The van der Waals surface area contributed by atoms with E-state index in [-0.39, 0.29) is 5.54 Å². The molecule has 1 N–H and O–H groups in total. The third-order valence-corrected chi connectivity index (χ3v) is 9.96. The molecule has 3 aromatic heterocycles. The molecule has 184 valence electrons. The van der Waals surface area contributed by atoms with Gasteiger partial charge in [0.05, 0.1) is 11.1 Å². The van der Waals surface area contributed by atoms with Crippen LogP contribution in [0.25, 0.3) is 21.6 Å². The maximum absolute atomic E-state index is 6.15. The molecule has 3 aromatic rings. The Balaban J connectivity index is 1.50. The van der Waals surface area contributed by atoms with Gasteiger partial charge in [-0.1, -0.05) is 26.1 Å². The summed E-state index contributed by atoms with van der Waals surface area (Å²) in [5, 5.41) is 6.18. The summed E-state index contributed by atoms with van der Waals surface area (Å²) in [6.45, 7) is 14.0. The molecule has 0 radical (unpaired) electrons. The number of hydrogen-bond donors (Lipinski definition) is 1. The van der Waals surface area contributed by atoms with Crippen molar-refractivity contribution in [3.8, 4) is 10.6 Å². The number of ether oxygens (including phenoxy) is 1. The van der Waals surface area contributed by atoms with Gasteiger partial charge < -0.3 is 19.5 Å². The zero-order valence-electron chi connectivity index (χ0n) is 21.2. The van der Waals surface area contributed by atoms with Crippen LogP contribution in [0.4, 0.5) is 5.69 Å². The van der Waals surface area contributed by atoms with Crippen LogP contribution in [0.15, 0.2) is 24.7 Å². The Hall–Kier alpha value is -1.74. The van der Waals surface area contributed by atoms with E-state index in [1.807, 2.05) is 12.4 Å². The first-order chi connectivity index (χ1) is 16.3. The molecule has 2 aliphatic heterocycles. The highest BCUT2D eigenvalue weighted by Gasteiger charge is 2.37. The highest BCUT2D eigenvalue weighted by atomic mass is 32.1. The van der Waals surface area contributed by atoms with Crippen molar-refractivity contribution in [2.75, 3.05) is 31.1 Å². The monoisotopic (exact) mass is 497 g/mol. The van der Waals surface area contributed by atoms with Crippen LogP contribution in [0.1, 0.15) is 37.0 Å². The van der Waals surface area contributed by atoms with Crippen molar-refractivity contribution in [3.63, 3.8) is 0 Å². The van der Waals surface area contributed by atoms with E-state index in [0.29, 0.717) is 6.73 Å². The average Bonchev–Trinajstić information content (AvgIpc) is 3.40. The zero-order valence-corrected chi connectivity index (χ0v) is 23.0. The molecule has 6 nitrogen and oxygen atoms in total. The Labute approximate surface area is 208 Å². The molecule has 1 spiro atoms. The van der Waals surface area contributed by atoms with Crippen molar-refractivity contribution in [2.24, 2.45) is 0 Å². The van der Waals surface area contributed by atoms with E-state index in [1.54, 1.807) is 11.3 Å². The minimum Gasteiger partial charge on any atom is -0.369 e. The van der Waals surface area contributed by atoms with Gasteiger partial charge in [-0.2, -0.15) is 0 Å². The number of aromatic nitrogens is 3. The van der Waals surface area contributed by atoms with Crippen molar-refractivity contribution in [1.29, 1.82) is 0 Å². The molecule has 2 fully saturated rings. The summed E-state index contributed by atoms with van der Waals surface area (Å²) in [6, 6.07) is 3.39. The summed E-state index contributed by atoms with van der Waals surface area (Å²) in [4.78, 5) is 13.4. The molecule has 1 atom stereocenters. The van der Waals surface area contributed by atoms with Crippen LogP contribution in [-0.4, -0.2) is 54.4 Å². The minimum atomic E-state index is -1.12. The fraction of sp³-hybridized carbons (Fsp3) is 0.615. The maximum atomic E-state index is 6.15. The van der Waals surface area contributed by atoms with Gasteiger partial charge in [0.2, 0.25) is 0 Å². The normalized spacial score (nSPS) is 21.6. The number of thiazole rings is 1. The van der Waals surface area contributed by atoms with E-state index >= 15 is 0 Å². The van der Waals surface area contributed by atoms with Gasteiger partial charge in [-0.15, -0.1) is 11.3 Å². The Bertz CT molecular complexity index is 1120. The van der Waals surface area contributed by atoms with E-state index in [1.165, 1.54) is 59.7 Å². The second-order valence-electron chi connectivity index (χ2n) is 11.4. The zero-order chi connectivity index (χ0) is 23.8. The Morgan fingerprint density at radius 1 is 1.18 bits per heavy atom. The highest BCUT2D eigenvalue weighted by Crippen LogP contribution is 2.40. The van der Waals surface area contributed by atoms with Crippen molar-refractivity contribution in [3.05, 3.63) is 29.5 Å². The number of piperidine rings is 2. The Morgan fingerprint density at radius 3 is 2.76 bits per heavy atom. The summed E-state index contributed by atoms with van der Waals surface area (Å²) in [6.07, 6.45) is 12.6. The summed E-state index contributed by atoms with van der Waals surface area (Å²) in [5.41, 5.74) is 3.73. The smallest absolute Gasteiger partial charge is 0.144 e. The lowest BCUT2D eigenvalue weighted by Crippen LogP contribution is -2.59. The van der Waals surface area contributed by atoms with E-state index in [0.717, 1.165) is 36.9 Å². The number of rotatable bonds is 7. The van der Waals surface area contributed by atoms with Gasteiger partial charge in [-0.05, 0) is 51.3 Å². The number of nitrogens with zero attached hydrogens (tertiary/aromatic N) is 4. The number of fused-ring (bicyclic) bond motifs is 1. The SMILES string of the molecule is Cc1cnc(-c2cn(COCC[Si](C)(C)C)c3nccc(N4CCCC5(CCCCN5)C4)c23)s1. The van der Waals surface area contributed by atoms with Gasteiger partial charge in [0.1, 0.15) is 17.4 Å². The summed E-state index contributed by atoms with van der Waals surface area (Å²) in [7, 11) is -1.12. The third-order valence-electron chi connectivity index (χ3n) is 7.31. The van der Waals surface area contributed by atoms with Crippen LogP contribution in [0, 0.1) is 6.92 Å². The van der Waals surface area contributed by atoms with Gasteiger partial charge in [-0.3, -0.25) is 0 Å². The van der Waals surface area contributed by atoms with Crippen LogP contribution < -0.4 is 10.2 Å². The lowest BCUT2D eigenvalue weighted by Gasteiger charge is -2.47. The van der Waals surface area contributed by atoms with Gasteiger partial charge in [-0.25, -0.2) is 9.97 Å². The molecule has 5 heterocycles. The summed E-state index contributed by atoms with van der Waals surface area (Å²) in [5.74, 6) is 0. The quantitative estimate of drug-likeness (QED) is 0.326. The molecule has 0 bridgehead atoms. The Kier molecular flexibility index (Phi) is 6.85. The second-order valence-corrected chi connectivity index (χ2v) is 18.2. The Morgan fingerprint density at radius 2 is 2.03 bits per heavy atom. The number of nitrogens with one attached hydrogen (secondary N) is 1. The predicted molar refractivity (Wildman–Crippen MR) is 146 cm³/mol. The topological polar surface area (TPSA) is 55.2 Å². The molecule has 0 aromatic carbocycles. The molecule has 2 aliphatic rings. The van der Waals surface area contributed by atoms with Crippen molar-refractivity contribution in [1.82, 2.24) is 19.9 Å². The number of pyridine rings is 1. The molecule has 0 saturated carbocycles. The first-order valence-electron chi connectivity index (χ1n) is 12.8. The van der Waals surface area contributed by atoms with Crippen LogP contribution in [0.3, 0.4) is 0 Å². The van der Waals surface area contributed by atoms with Crippen molar-refractivity contribution in [2.45, 2.75) is 77.0 Å². The third kappa shape index (κ3) is 5.10. The largest absolute Gasteiger partial charge is 0.369 e.